The molecular weight excluding hydrogens is 388 g/mol. The first-order valence-corrected chi connectivity index (χ1v) is 10.5. The monoisotopic (exact) mass is 416 g/mol. The summed E-state index contributed by atoms with van der Waals surface area (Å²) < 4.78 is 5.48. The molecule has 4 rings (SSSR count). The molecule has 1 fully saturated rings. The summed E-state index contributed by atoms with van der Waals surface area (Å²) in [6.07, 6.45) is 7.70. The third-order valence-corrected chi connectivity index (χ3v) is 5.54. The van der Waals surface area contributed by atoms with Crippen LogP contribution in [-0.4, -0.2) is 21.7 Å². The highest BCUT2D eigenvalue weighted by atomic mass is 16.6. The molecule has 0 unspecified atom stereocenters. The number of amides is 1. The Hall–Kier alpha value is -3.41. The Morgan fingerprint density at radius 1 is 1.10 bits per heavy atom. The molecule has 0 saturated heterocycles. The van der Waals surface area contributed by atoms with Crippen LogP contribution >= 0.6 is 0 Å². The van der Waals surface area contributed by atoms with Gasteiger partial charge in [0.15, 0.2) is 0 Å². The van der Waals surface area contributed by atoms with Gasteiger partial charge in [-0.25, -0.2) is 4.79 Å². The van der Waals surface area contributed by atoms with Crippen LogP contribution in [0.2, 0.25) is 0 Å². The van der Waals surface area contributed by atoms with E-state index in [1.54, 1.807) is 12.4 Å². The normalized spacial score (nSPS) is 15.1. The molecule has 160 valence electrons. The summed E-state index contributed by atoms with van der Waals surface area (Å²) in [5.74, 6) is 0. The highest BCUT2D eigenvalue weighted by Gasteiger charge is 2.41. The van der Waals surface area contributed by atoms with E-state index >= 15 is 0 Å². The number of hydrogen-bond acceptors (Lipinski definition) is 5. The average Bonchev–Trinajstić information content (AvgIpc) is 2.70. The second kappa shape index (κ2) is 8.02. The van der Waals surface area contributed by atoms with E-state index in [1.165, 1.54) is 0 Å². The van der Waals surface area contributed by atoms with Crippen molar-refractivity contribution in [3.8, 4) is 22.4 Å². The summed E-state index contributed by atoms with van der Waals surface area (Å²) in [7, 11) is 0. The number of ether oxygens (including phenoxy) is 1. The van der Waals surface area contributed by atoms with Gasteiger partial charge in [-0.2, -0.15) is 0 Å². The van der Waals surface area contributed by atoms with E-state index in [0.717, 1.165) is 47.2 Å². The molecule has 1 amide bonds. The summed E-state index contributed by atoms with van der Waals surface area (Å²) in [5.41, 5.74) is 10.5. The fourth-order valence-corrected chi connectivity index (χ4v) is 3.92. The molecule has 0 atom stereocenters. The van der Waals surface area contributed by atoms with Crippen LogP contribution < -0.4 is 11.1 Å². The number of aromatic nitrogens is 2. The van der Waals surface area contributed by atoms with Crippen LogP contribution in [-0.2, 0) is 10.3 Å². The van der Waals surface area contributed by atoms with Crippen LogP contribution in [0.5, 0.6) is 0 Å². The lowest BCUT2D eigenvalue weighted by Crippen LogP contribution is -2.52. The van der Waals surface area contributed by atoms with Crippen LogP contribution in [0.25, 0.3) is 22.4 Å². The minimum absolute atomic E-state index is 0.373. The first kappa shape index (κ1) is 20.8. The molecule has 1 saturated carbocycles. The van der Waals surface area contributed by atoms with Gasteiger partial charge in [0.05, 0.1) is 23.1 Å². The fourth-order valence-electron chi connectivity index (χ4n) is 3.92. The van der Waals surface area contributed by atoms with Crippen LogP contribution in [0.15, 0.2) is 61.1 Å². The maximum atomic E-state index is 12.4. The molecule has 3 N–H and O–H groups in total. The lowest BCUT2D eigenvalue weighted by atomic mass is 9.71. The number of nitrogens with one attached hydrogen (secondary N) is 1. The minimum atomic E-state index is -0.525. The molecule has 31 heavy (non-hydrogen) atoms. The topological polar surface area (TPSA) is 90.1 Å². The summed E-state index contributed by atoms with van der Waals surface area (Å²) in [4.78, 5) is 21.2. The number of carbonyl (C=O) groups is 1. The Morgan fingerprint density at radius 2 is 1.84 bits per heavy atom. The van der Waals surface area contributed by atoms with Crippen LogP contribution in [0.3, 0.4) is 0 Å². The SMILES string of the molecule is CC(C)(C)OC(=O)NC1(c2ccc(-c3ncc(N)cc3-c3cccnc3)cc2)CCC1. The molecule has 1 aliphatic rings. The summed E-state index contributed by atoms with van der Waals surface area (Å²) in [6, 6.07) is 14.0. The molecule has 0 bridgehead atoms. The number of anilines is 1. The number of carbonyl (C=O) groups excluding carboxylic acids is 1. The number of nitrogens with zero attached hydrogens (tertiary/aromatic N) is 2. The Balaban J connectivity index is 1.63. The molecule has 0 radical (unpaired) electrons. The lowest BCUT2D eigenvalue weighted by Gasteiger charge is -2.43. The molecule has 3 aromatic rings. The second-order valence-corrected chi connectivity index (χ2v) is 9.05. The van der Waals surface area contributed by atoms with Crippen molar-refractivity contribution in [3.63, 3.8) is 0 Å². The standard InChI is InChI=1S/C25H28N4O2/c1-24(2,3)31-23(30)29-25(11-5-12-25)19-9-7-17(8-10-19)22-21(14-20(26)16-28-22)18-6-4-13-27-15-18/h4,6-10,13-16H,5,11-12,26H2,1-3H3,(H,29,30). The Bertz CT molecular complexity index is 1070. The molecule has 2 aromatic heterocycles. The molecule has 0 aliphatic heterocycles. The predicted molar refractivity (Wildman–Crippen MR) is 122 cm³/mol. The van der Waals surface area contributed by atoms with Crippen molar-refractivity contribution in [2.45, 2.75) is 51.2 Å². The average molecular weight is 417 g/mol. The highest BCUT2D eigenvalue weighted by Crippen LogP contribution is 2.42. The Kier molecular flexibility index (Phi) is 5.39. The van der Waals surface area contributed by atoms with Crippen LogP contribution in [0.1, 0.15) is 45.6 Å². The number of pyridine rings is 2. The van der Waals surface area contributed by atoms with Crippen LogP contribution in [0.4, 0.5) is 10.5 Å². The molecule has 1 aliphatic carbocycles. The van der Waals surface area contributed by atoms with Crippen molar-refractivity contribution < 1.29 is 9.53 Å². The van der Waals surface area contributed by atoms with E-state index in [0.29, 0.717) is 5.69 Å². The van der Waals surface area contributed by atoms with E-state index in [2.05, 4.69) is 27.4 Å². The lowest BCUT2D eigenvalue weighted by molar-refractivity contribution is 0.0377. The fraction of sp³-hybridized carbons (Fsp3) is 0.320. The second-order valence-electron chi connectivity index (χ2n) is 9.05. The Labute approximate surface area is 182 Å². The summed E-state index contributed by atoms with van der Waals surface area (Å²) in [5, 5.41) is 3.11. The molecule has 6 nitrogen and oxygen atoms in total. The van der Waals surface area contributed by atoms with Gasteiger partial charge in [-0.1, -0.05) is 30.3 Å². The third-order valence-electron chi connectivity index (χ3n) is 5.54. The first-order chi connectivity index (χ1) is 14.8. The Morgan fingerprint density at radius 3 is 2.42 bits per heavy atom. The predicted octanol–water partition coefficient (Wildman–Crippen LogP) is 5.30. The van der Waals surface area contributed by atoms with E-state index in [9.17, 15) is 4.79 Å². The van der Waals surface area contributed by atoms with Crippen molar-refractivity contribution in [1.29, 1.82) is 0 Å². The van der Waals surface area contributed by atoms with Gasteiger partial charge in [-0.3, -0.25) is 9.97 Å². The van der Waals surface area contributed by atoms with Gasteiger partial charge >= 0.3 is 6.09 Å². The van der Waals surface area contributed by atoms with E-state index < -0.39 is 5.60 Å². The van der Waals surface area contributed by atoms with Gasteiger partial charge in [-0.15, -0.1) is 0 Å². The number of benzene rings is 1. The minimum Gasteiger partial charge on any atom is -0.444 e. The van der Waals surface area contributed by atoms with Gasteiger partial charge in [-0.05, 0) is 57.7 Å². The number of hydrogen-bond donors (Lipinski definition) is 2. The smallest absolute Gasteiger partial charge is 0.408 e. The molecule has 6 heteroatoms. The van der Waals surface area contributed by atoms with E-state index in [4.69, 9.17) is 10.5 Å². The van der Waals surface area contributed by atoms with E-state index in [1.807, 2.05) is 57.3 Å². The zero-order valence-corrected chi connectivity index (χ0v) is 18.2. The van der Waals surface area contributed by atoms with Crippen molar-refractivity contribution in [1.82, 2.24) is 15.3 Å². The van der Waals surface area contributed by atoms with Crippen LogP contribution in [0, 0.1) is 0 Å². The van der Waals surface area contributed by atoms with Gasteiger partial charge in [0.2, 0.25) is 0 Å². The molecular formula is C25H28N4O2. The number of alkyl carbamates (subject to hydrolysis) is 1. The van der Waals surface area contributed by atoms with Crippen molar-refractivity contribution >= 4 is 11.8 Å². The van der Waals surface area contributed by atoms with Gasteiger partial charge < -0.3 is 15.8 Å². The van der Waals surface area contributed by atoms with Crippen molar-refractivity contribution in [3.05, 3.63) is 66.6 Å². The van der Waals surface area contributed by atoms with Gasteiger partial charge in [0.1, 0.15) is 5.60 Å². The van der Waals surface area contributed by atoms with Crippen molar-refractivity contribution in [2.24, 2.45) is 0 Å². The maximum Gasteiger partial charge on any atom is 0.408 e. The van der Waals surface area contributed by atoms with Gasteiger partial charge in [0.25, 0.3) is 0 Å². The summed E-state index contributed by atoms with van der Waals surface area (Å²) >= 11 is 0. The zero-order chi connectivity index (χ0) is 22.1. The molecule has 1 aromatic carbocycles. The first-order valence-electron chi connectivity index (χ1n) is 10.5. The quantitative estimate of drug-likeness (QED) is 0.602. The number of nitrogens with two attached hydrogens (primary N) is 1. The zero-order valence-electron chi connectivity index (χ0n) is 18.2. The number of rotatable bonds is 4. The van der Waals surface area contributed by atoms with E-state index in [-0.39, 0.29) is 11.6 Å². The molecule has 0 spiro atoms. The largest absolute Gasteiger partial charge is 0.444 e. The summed E-state index contributed by atoms with van der Waals surface area (Å²) in [6.45, 7) is 5.61. The number of nitrogen functional groups attached to an aromatic ring is 1. The highest BCUT2D eigenvalue weighted by molar-refractivity contribution is 5.82. The third kappa shape index (κ3) is 4.53. The van der Waals surface area contributed by atoms with Gasteiger partial charge in [0, 0.05) is 29.1 Å². The molecule has 2 heterocycles. The van der Waals surface area contributed by atoms with Crippen molar-refractivity contribution in [2.75, 3.05) is 5.73 Å². The maximum absolute atomic E-state index is 12.4.